The first-order valence-corrected chi connectivity index (χ1v) is 10.9. The summed E-state index contributed by atoms with van der Waals surface area (Å²) < 4.78 is 10.2. The third-order valence-corrected chi connectivity index (χ3v) is 5.43. The standard InChI is InChI=1S/C20H21N7O4S/c1-26-7-8-27(18(28)14-10-21-19(32-3)23-16(14)26)13-6-4-5-12(9-13)17-25-24-15(31-17)11-22-20(29)30-2/h4-6,9-10H,7-8,11H2,1-3H3,(H,22,29). The van der Waals surface area contributed by atoms with Crippen LogP contribution in [0.1, 0.15) is 16.2 Å². The molecule has 0 spiro atoms. The van der Waals surface area contributed by atoms with Gasteiger partial charge in [-0.15, -0.1) is 10.2 Å². The van der Waals surface area contributed by atoms with Crippen LogP contribution in [0.2, 0.25) is 0 Å². The van der Waals surface area contributed by atoms with E-state index in [1.807, 2.05) is 42.5 Å². The van der Waals surface area contributed by atoms with Gasteiger partial charge in [0.15, 0.2) is 5.16 Å². The van der Waals surface area contributed by atoms with Crippen LogP contribution in [0.15, 0.2) is 40.0 Å². The Hall–Kier alpha value is -3.67. The summed E-state index contributed by atoms with van der Waals surface area (Å²) in [6, 6.07) is 7.28. The van der Waals surface area contributed by atoms with Crippen LogP contribution in [-0.4, -0.2) is 65.7 Å². The molecule has 2 aromatic heterocycles. The molecule has 3 aromatic rings. The summed E-state index contributed by atoms with van der Waals surface area (Å²) in [5.74, 6) is 0.954. The van der Waals surface area contributed by atoms with Crippen LogP contribution in [-0.2, 0) is 11.3 Å². The fourth-order valence-electron chi connectivity index (χ4n) is 3.22. The van der Waals surface area contributed by atoms with E-state index in [1.165, 1.54) is 18.9 Å². The highest BCUT2D eigenvalue weighted by Gasteiger charge is 2.28. The molecule has 0 bridgehead atoms. The fourth-order valence-corrected chi connectivity index (χ4v) is 3.55. The monoisotopic (exact) mass is 455 g/mol. The predicted molar refractivity (Wildman–Crippen MR) is 118 cm³/mol. The number of benzene rings is 1. The number of carbonyl (C=O) groups is 2. The maximum absolute atomic E-state index is 13.3. The average Bonchev–Trinajstić information content (AvgIpc) is 3.26. The van der Waals surface area contributed by atoms with Crippen molar-refractivity contribution in [3.8, 4) is 11.5 Å². The van der Waals surface area contributed by atoms with Crippen LogP contribution >= 0.6 is 11.8 Å². The van der Waals surface area contributed by atoms with Crippen LogP contribution < -0.4 is 15.1 Å². The van der Waals surface area contributed by atoms with Crippen LogP contribution in [0.5, 0.6) is 0 Å². The lowest BCUT2D eigenvalue weighted by atomic mass is 10.1. The normalized spacial score (nSPS) is 13.5. The summed E-state index contributed by atoms with van der Waals surface area (Å²) in [5, 5.41) is 11.1. The summed E-state index contributed by atoms with van der Waals surface area (Å²) in [7, 11) is 3.18. The molecule has 0 unspecified atom stereocenters. The Kier molecular flexibility index (Phi) is 6.21. The number of hydrogen-bond donors (Lipinski definition) is 1. The molecule has 0 saturated carbocycles. The molecule has 166 valence electrons. The number of aromatic nitrogens is 4. The Balaban J connectivity index is 1.60. The van der Waals surface area contributed by atoms with Crippen molar-refractivity contribution in [1.29, 1.82) is 0 Å². The number of ether oxygens (including phenoxy) is 1. The molecule has 0 aliphatic carbocycles. The van der Waals surface area contributed by atoms with E-state index < -0.39 is 6.09 Å². The first-order valence-electron chi connectivity index (χ1n) is 9.69. The van der Waals surface area contributed by atoms with Crippen molar-refractivity contribution in [2.75, 3.05) is 43.3 Å². The number of amides is 2. The summed E-state index contributed by atoms with van der Waals surface area (Å²) >= 11 is 1.43. The van der Waals surface area contributed by atoms with Crippen molar-refractivity contribution in [2.24, 2.45) is 0 Å². The average molecular weight is 456 g/mol. The number of rotatable bonds is 5. The van der Waals surface area contributed by atoms with Gasteiger partial charge in [0, 0.05) is 37.6 Å². The number of nitrogens with zero attached hydrogens (tertiary/aromatic N) is 6. The zero-order valence-electron chi connectivity index (χ0n) is 17.7. The highest BCUT2D eigenvalue weighted by Crippen LogP contribution is 2.29. The molecule has 2 amide bonds. The minimum atomic E-state index is -0.592. The minimum Gasteiger partial charge on any atom is -0.453 e. The smallest absolute Gasteiger partial charge is 0.407 e. The van der Waals surface area contributed by atoms with E-state index in [2.05, 4.69) is 30.2 Å². The molecule has 1 N–H and O–H groups in total. The van der Waals surface area contributed by atoms with Crippen molar-refractivity contribution >= 4 is 35.3 Å². The number of methoxy groups -OCH3 is 1. The van der Waals surface area contributed by atoms with E-state index in [0.717, 1.165) is 0 Å². The summed E-state index contributed by atoms with van der Waals surface area (Å²) in [5.41, 5.74) is 1.79. The highest BCUT2D eigenvalue weighted by molar-refractivity contribution is 7.98. The second-order valence-electron chi connectivity index (χ2n) is 6.87. The molecule has 3 heterocycles. The minimum absolute atomic E-state index is 0.0468. The maximum Gasteiger partial charge on any atom is 0.407 e. The topological polar surface area (TPSA) is 127 Å². The lowest BCUT2D eigenvalue weighted by molar-refractivity contribution is 0.0989. The van der Waals surface area contributed by atoms with E-state index >= 15 is 0 Å². The molecule has 32 heavy (non-hydrogen) atoms. The third-order valence-electron chi connectivity index (χ3n) is 4.87. The largest absolute Gasteiger partial charge is 0.453 e. The van der Waals surface area contributed by atoms with E-state index in [0.29, 0.717) is 40.9 Å². The Bertz CT molecular complexity index is 1150. The van der Waals surface area contributed by atoms with Crippen LogP contribution in [0.25, 0.3) is 11.5 Å². The Morgan fingerprint density at radius 2 is 2.16 bits per heavy atom. The second-order valence-corrected chi connectivity index (χ2v) is 7.64. The first kappa shape index (κ1) is 21.6. The van der Waals surface area contributed by atoms with Gasteiger partial charge in [-0.2, -0.15) is 0 Å². The Labute approximate surface area is 188 Å². The number of anilines is 2. The third kappa shape index (κ3) is 4.35. The zero-order valence-corrected chi connectivity index (χ0v) is 18.5. The van der Waals surface area contributed by atoms with Gasteiger partial charge in [0.25, 0.3) is 5.91 Å². The van der Waals surface area contributed by atoms with E-state index in [4.69, 9.17) is 4.42 Å². The molecule has 0 saturated heterocycles. The fraction of sp³-hybridized carbons (Fsp3) is 0.300. The molecular formula is C20H21N7O4S. The molecule has 4 rings (SSSR count). The predicted octanol–water partition coefficient (Wildman–Crippen LogP) is 2.20. The summed E-state index contributed by atoms with van der Waals surface area (Å²) in [6.45, 7) is 1.13. The van der Waals surface area contributed by atoms with Gasteiger partial charge in [-0.05, 0) is 24.5 Å². The molecule has 0 radical (unpaired) electrons. The van der Waals surface area contributed by atoms with Crippen LogP contribution in [0, 0.1) is 0 Å². The molecule has 0 fully saturated rings. The molecular weight excluding hydrogens is 434 g/mol. The van der Waals surface area contributed by atoms with E-state index in [1.54, 1.807) is 11.1 Å². The first-order chi connectivity index (χ1) is 15.5. The van der Waals surface area contributed by atoms with Gasteiger partial charge in [-0.1, -0.05) is 17.8 Å². The number of hydrogen-bond acceptors (Lipinski definition) is 10. The van der Waals surface area contributed by atoms with Crippen molar-refractivity contribution in [3.05, 3.63) is 41.9 Å². The van der Waals surface area contributed by atoms with Gasteiger partial charge in [0.1, 0.15) is 11.4 Å². The van der Waals surface area contributed by atoms with Crippen molar-refractivity contribution in [2.45, 2.75) is 11.7 Å². The van der Waals surface area contributed by atoms with Gasteiger partial charge in [-0.3, -0.25) is 4.79 Å². The summed E-state index contributed by atoms with van der Waals surface area (Å²) in [6.07, 6.45) is 2.88. The van der Waals surface area contributed by atoms with Crippen molar-refractivity contribution < 1.29 is 18.7 Å². The molecule has 1 aromatic carbocycles. The molecule has 1 aliphatic heterocycles. The zero-order chi connectivity index (χ0) is 22.7. The number of likely N-dealkylation sites (N-methyl/N-ethyl adjacent to an activating group) is 1. The van der Waals surface area contributed by atoms with Gasteiger partial charge in [-0.25, -0.2) is 14.8 Å². The molecule has 11 nitrogen and oxygen atoms in total. The van der Waals surface area contributed by atoms with Crippen LogP contribution in [0.3, 0.4) is 0 Å². The van der Waals surface area contributed by atoms with Crippen molar-refractivity contribution in [3.63, 3.8) is 0 Å². The number of nitrogens with one attached hydrogen (secondary N) is 1. The molecule has 12 heteroatoms. The lowest BCUT2D eigenvalue weighted by Gasteiger charge is -2.21. The van der Waals surface area contributed by atoms with Crippen molar-refractivity contribution in [1.82, 2.24) is 25.5 Å². The summed E-state index contributed by atoms with van der Waals surface area (Å²) in [4.78, 5) is 37.0. The van der Waals surface area contributed by atoms with E-state index in [-0.39, 0.29) is 24.2 Å². The second kappa shape index (κ2) is 9.22. The van der Waals surface area contributed by atoms with Gasteiger partial charge >= 0.3 is 6.09 Å². The Morgan fingerprint density at radius 3 is 2.94 bits per heavy atom. The van der Waals surface area contributed by atoms with E-state index in [9.17, 15) is 9.59 Å². The SMILES string of the molecule is COC(=O)NCc1nnc(-c2cccc(N3CCN(C)c4nc(SC)ncc4C3=O)c2)o1. The van der Waals surface area contributed by atoms with Gasteiger partial charge < -0.3 is 24.3 Å². The number of fused-ring (bicyclic) bond motifs is 1. The molecule has 1 aliphatic rings. The number of carbonyl (C=O) groups excluding carboxylic acids is 2. The quantitative estimate of drug-likeness (QED) is 0.452. The van der Waals surface area contributed by atoms with Gasteiger partial charge in [0.05, 0.1) is 13.7 Å². The maximum atomic E-state index is 13.3. The Morgan fingerprint density at radius 1 is 1.31 bits per heavy atom. The molecule has 0 atom stereocenters. The lowest BCUT2D eigenvalue weighted by Crippen LogP contribution is -2.33. The van der Waals surface area contributed by atoms with Gasteiger partial charge in [0.2, 0.25) is 11.8 Å². The number of thioether (sulfide) groups is 1. The van der Waals surface area contributed by atoms with Crippen LogP contribution in [0.4, 0.5) is 16.3 Å². The highest BCUT2D eigenvalue weighted by atomic mass is 32.2. The number of alkyl carbamates (subject to hydrolysis) is 1.